The Morgan fingerprint density at radius 3 is 2.80 bits per heavy atom. The fourth-order valence-electron chi connectivity index (χ4n) is 2.24. The SMILES string of the molecule is Ic1cnn(C2CCC2CNC2CC2)c1. The first kappa shape index (κ1) is 10.1. The van der Waals surface area contributed by atoms with Crippen LogP contribution in [0.5, 0.6) is 0 Å². The molecule has 82 valence electrons. The molecule has 3 nitrogen and oxygen atoms in total. The van der Waals surface area contributed by atoms with E-state index in [0.717, 1.165) is 12.0 Å². The zero-order chi connectivity index (χ0) is 10.3. The van der Waals surface area contributed by atoms with E-state index in [1.807, 2.05) is 6.20 Å². The van der Waals surface area contributed by atoms with Crippen LogP contribution in [-0.4, -0.2) is 22.4 Å². The van der Waals surface area contributed by atoms with Gasteiger partial charge in [0.05, 0.1) is 15.8 Å². The van der Waals surface area contributed by atoms with E-state index in [2.05, 4.69) is 43.9 Å². The average Bonchev–Trinajstić information content (AvgIpc) is 2.89. The number of hydrogen-bond donors (Lipinski definition) is 1. The molecule has 1 N–H and O–H groups in total. The monoisotopic (exact) mass is 317 g/mol. The van der Waals surface area contributed by atoms with Crippen LogP contribution >= 0.6 is 22.6 Å². The van der Waals surface area contributed by atoms with Gasteiger partial charge in [-0.2, -0.15) is 5.10 Å². The summed E-state index contributed by atoms with van der Waals surface area (Å²) in [5, 5.41) is 8.03. The van der Waals surface area contributed by atoms with Crippen molar-refractivity contribution in [3.63, 3.8) is 0 Å². The Kier molecular flexibility index (Phi) is 2.72. The second-order valence-electron chi connectivity index (χ2n) is 4.73. The number of aromatic nitrogens is 2. The molecule has 2 saturated carbocycles. The van der Waals surface area contributed by atoms with Crippen molar-refractivity contribution in [1.29, 1.82) is 0 Å². The number of hydrogen-bond acceptors (Lipinski definition) is 2. The third-order valence-electron chi connectivity index (χ3n) is 3.53. The molecule has 0 amide bonds. The Morgan fingerprint density at radius 2 is 2.27 bits per heavy atom. The maximum atomic E-state index is 4.41. The van der Waals surface area contributed by atoms with Gasteiger partial charge < -0.3 is 5.32 Å². The molecule has 2 aliphatic rings. The fraction of sp³-hybridized carbons (Fsp3) is 0.727. The highest BCUT2D eigenvalue weighted by Gasteiger charge is 2.34. The van der Waals surface area contributed by atoms with Gasteiger partial charge in [-0.1, -0.05) is 0 Å². The lowest BCUT2D eigenvalue weighted by Crippen LogP contribution is -2.37. The van der Waals surface area contributed by atoms with Crippen LogP contribution in [0.1, 0.15) is 31.7 Å². The summed E-state index contributed by atoms with van der Waals surface area (Å²) < 4.78 is 3.40. The van der Waals surface area contributed by atoms with Gasteiger partial charge in [-0.05, 0) is 54.2 Å². The van der Waals surface area contributed by atoms with Gasteiger partial charge >= 0.3 is 0 Å². The van der Waals surface area contributed by atoms with Crippen LogP contribution in [0.25, 0.3) is 0 Å². The minimum Gasteiger partial charge on any atom is -0.314 e. The molecular weight excluding hydrogens is 301 g/mol. The van der Waals surface area contributed by atoms with Gasteiger partial charge in [0, 0.05) is 18.8 Å². The molecule has 0 saturated heterocycles. The van der Waals surface area contributed by atoms with Crippen molar-refractivity contribution >= 4 is 22.6 Å². The van der Waals surface area contributed by atoms with Crippen molar-refractivity contribution < 1.29 is 0 Å². The molecule has 15 heavy (non-hydrogen) atoms. The predicted octanol–water partition coefficient (Wildman–Crippen LogP) is 2.19. The van der Waals surface area contributed by atoms with E-state index >= 15 is 0 Å². The summed E-state index contributed by atoms with van der Waals surface area (Å²) in [6.07, 6.45) is 9.54. The zero-order valence-electron chi connectivity index (χ0n) is 8.69. The summed E-state index contributed by atoms with van der Waals surface area (Å²) in [6.45, 7) is 1.19. The Morgan fingerprint density at radius 1 is 1.40 bits per heavy atom. The molecule has 0 aromatic carbocycles. The molecule has 2 aliphatic carbocycles. The topological polar surface area (TPSA) is 29.9 Å². The van der Waals surface area contributed by atoms with Gasteiger partial charge in [0.25, 0.3) is 0 Å². The lowest BCUT2D eigenvalue weighted by atomic mass is 9.79. The number of rotatable bonds is 4. The minimum atomic E-state index is 0.653. The predicted molar refractivity (Wildman–Crippen MR) is 67.7 cm³/mol. The second-order valence-corrected chi connectivity index (χ2v) is 5.97. The standard InChI is InChI=1S/C11H16IN3/c12-9-6-14-15(7-9)11-4-1-8(11)5-13-10-2-3-10/h6-8,10-11,13H,1-5H2. The molecule has 3 rings (SSSR count). The quantitative estimate of drug-likeness (QED) is 0.863. The number of halogens is 1. The molecule has 2 unspecified atom stereocenters. The Bertz CT molecular complexity index is 345. The smallest absolute Gasteiger partial charge is 0.0623 e. The molecule has 0 radical (unpaired) electrons. The molecule has 0 aliphatic heterocycles. The summed E-state index contributed by atoms with van der Waals surface area (Å²) in [7, 11) is 0. The average molecular weight is 317 g/mol. The summed E-state index contributed by atoms with van der Waals surface area (Å²) >= 11 is 2.32. The summed E-state index contributed by atoms with van der Waals surface area (Å²) in [5.74, 6) is 0.807. The van der Waals surface area contributed by atoms with E-state index in [9.17, 15) is 0 Å². The van der Waals surface area contributed by atoms with Crippen LogP contribution in [-0.2, 0) is 0 Å². The van der Waals surface area contributed by atoms with Gasteiger partial charge in [0.1, 0.15) is 0 Å². The molecule has 2 atom stereocenters. The number of nitrogens with zero attached hydrogens (tertiary/aromatic N) is 2. The first-order valence-corrected chi connectivity index (χ1v) is 6.84. The van der Waals surface area contributed by atoms with Crippen molar-refractivity contribution in [2.45, 2.75) is 37.8 Å². The Hall–Kier alpha value is -0.100. The highest BCUT2D eigenvalue weighted by Crippen LogP contribution is 2.38. The summed E-state index contributed by atoms with van der Waals surface area (Å²) in [4.78, 5) is 0. The van der Waals surface area contributed by atoms with Gasteiger partial charge in [-0.3, -0.25) is 4.68 Å². The van der Waals surface area contributed by atoms with Crippen LogP contribution in [0.3, 0.4) is 0 Å². The minimum absolute atomic E-state index is 0.653. The molecule has 1 aromatic heterocycles. The second kappa shape index (κ2) is 4.05. The summed E-state index contributed by atoms with van der Waals surface area (Å²) in [5.41, 5.74) is 0. The maximum Gasteiger partial charge on any atom is 0.0623 e. The molecule has 1 heterocycles. The van der Waals surface area contributed by atoms with E-state index in [4.69, 9.17) is 0 Å². The van der Waals surface area contributed by atoms with Crippen LogP contribution in [0.4, 0.5) is 0 Å². The van der Waals surface area contributed by atoms with Crippen molar-refractivity contribution in [2.75, 3.05) is 6.54 Å². The van der Waals surface area contributed by atoms with Gasteiger partial charge in [0.15, 0.2) is 0 Å². The van der Waals surface area contributed by atoms with E-state index in [0.29, 0.717) is 6.04 Å². The molecule has 0 bridgehead atoms. The third kappa shape index (κ3) is 2.20. The van der Waals surface area contributed by atoms with E-state index in [1.165, 1.54) is 35.8 Å². The Labute approximate surface area is 104 Å². The molecule has 1 aromatic rings. The highest BCUT2D eigenvalue weighted by molar-refractivity contribution is 14.1. The maximum absolute atomic E-state index is 4.41. The van der Waals surface area contributed by atoms with Crippen LogP contribution < -0.4 is 5.32 Å². The number of nitrogens with one attached hydrogen (secondary N) is 1. The van der Waals surface area contributed by atoms with Crippen LogP contribution in [0, 0.1) is 9.49 Å². The highest BCUT2D eigenvalue weighted by atomic mass is 127. The van der Waals surface area contributed by atoms with E-state index < -0.39 is 0 Å². The van der Waals surface area contributed by atoms with Crippen molar-refractivity contribution in [2.24, 2.45) is 5.92 Å². The van der Waals surface area contributed by atoms with Crippen molar-refractivity contribution in [1.82, 2.24) is 15.1 Å². The molecule has 4 heteroatoms. The largest absolute Gasteiger partial charge is 0.314 e. The van der Waals surface area contributed by atoms with E-state index in [1.54, 1.807) is 0 Å². The van der Waals surface area contributed by atoms with Gasteiger partial charge in [0.2, 0.25) is 0 Å². The summed E-state index contributed by atoms with van der Waals surface area (Å²) in [6, 6.07) is 1.49. The first-order valence-electron chi connectivity index (χ1n) is 5.76. The third-order valence-corrected chi connectivity index (χ3v) is 4.09. The van der Waals surface area contributed by atoms with Crippen molar-refractivity contribution in [3.8, 4) is 0 Å². The fourth-order valence-corrected chi connectivity index (χ4v) is 2.65. The van der Waals surface area contributed by atoms with Crippen LogP contribution in [0.15, 0.2) is 12.4 Å². The molecule has 2 fully saturated rings. The Balaban J connectivity index is 1.57. The van der Waals surface area contributed by atoms with Crippen LogP contribution in [0.2, 0.25) is 0 Å². The first-order chi connectivity index (χ1) is 7.33. The van der Waals surface area contributed by atoms with E-state index in [-0.39, 0.29) is 0 Å². The normalized spacial score (nSPS) is 30.2. The van der Waals surface area contributed by atoms with Gasteiger partial charge in [-0.15, -0.1) is 0 Å². The molecule has 0 spiro atoms. The zero-order valence-corrected chi connectivity index (χ0v) is 10.9. The van der Waals surface area contributed by atoms with Gasteiger partial charge in [-0.25, -0.2) is 0 Å². The lowest BCUT2D eigenvalue weighted by molar-refractivity contribution is 0.162. The van der Waals surface area contributed by atoms with Crippen molar-refractivity contribution in [3.05, 3.63) is 16.0 Å². The molecular formula is C11H16IN3. The lowest BCUT2D eigenvalue weighted by Gasteiger charge is -2.37.